The van der Waals surface area contributed by atoms with Gasteiger partial charge >= 0.3 is 0 Å². The molecule has 0 bridgehead atoms. The fraction of sp³-hybridized carbons (Fsp3) is 0.438. The average Bonchev–Trinajstić information content (AvgIpc) is 2.82. The maximum absolute atomic E-state index is 6.26. The second-order valence-corrected chi connectivity index (χ2v) is 5.91. The zero-order valence-corrected chi connectivity index (χ0v) is 13.5. The Morgan fingerprint density at radius 3 is 2.76 bits per heavy atom. The topological polar surface area (TPSA) is 53.1 Å². The Bertz CT molecular complexity index is 608. The molecule has 114 valence electrons. The summed E-state index contributed by atoms with van der Waals surface area (Å²) in [6, 6.07) is 5.81. The van der Waals surface area contributed by atoms with Crippen LogP contribution in [0.1, 0.15) is 37.3 Å². The standard InChI is InChI=1S/C16H22ClN3O/c1-11(2)13-10-15(12(3)9-14(13)17)21-8-4-6-20-7-5-16(18)19-20/h5,7,9-11H,4,6,8H2,1-3H3,(H2,18,19). The van der Waals surface area contributed by atoms with Crippen molar-refractivity contribution in [2.45, 2.75) is 39.7 Å². The summed E-state index contributed by atoms with van der Waals surface area (Å²) in [6.45, 7) is 7.70. The largest absolute Gasteiger partial charge is 0.493 e. The number of halogens is 1. The highest BCUT2D eigenvalue weighted by molar-refractivity contribution is 6.31. The average molecular weight is 308 g/mol. The predicted octanol–water partition coefficient (Wildman–Crippen LogP) is 4.02. The number of rotatable bonds is 6. The first-order valence-electron chi connectivity index (χ1n) is 7.19. The number of nitrogens with zero attached hydrogens (tertiary/aromatic N) is 2. The van der Waals surface area contributed by atoms with E-state index in [1.165, 1.54) is 0 Å². The van der Waals surface area contributed by atoms with Crippen molar-refractivity contribution in [1.82, 2.24) is 9.78 Å². The van der Waals surface area contributed by atoms with Crippen LogP contribution in [0, 0.1) is 6.92 Å². The number of aromatic nitrogens is 2. The van der Waals surface area contributed by atoms with Crippen molar-refractivity contribution in [1.29, 1.82) is 0 Å². The zero-order chi connectivity index (χ0) is 15.4. The molecule has 2 aromatic rings. The quantitative estimate of drug-likeness (QED) is 0.820. The van der Waals surface area contributed by atoms with Crippen LogP contribution in [0.5, 0.6) is 5.75 Å². The summed E-state index contributed by atoms with van der Waals surface area (Å²) in [6.07, 6.45) is 2.75. The normalized spacial score (nSPS) is 11.1. The molecule has 0 unspecified atom stereocenters. The van der Waals surface area contributed by atoms with Gasteiger partial charge in [0.15, 0.2) is 0 Å². The summed E-state index contributed by atoms with van der Waals surface area (Å²) in [7, 11) is 0. The summed E-state index contributed by atoms with van der Waals surface area (Å²) in [5, 5.41) is 4.95. The van der Waals surface area contributed by atoms with Crippen LogP contribution in [0.4, 0.5) is 5.82 Å². The minimum absolute atomic E-state index is 0.382. The Balaban J connectivity index is 1.92. The van der Waals surface area contributed by atoms with Gasteiger partial charge < -0.3 is 10.5 Å². The Kier molecular flexibility index (Phi) is 5.12. The molecule has 0 spiro atoms. The number of ether oxygens (including phenoxy) is 1. The number of hydrogen-bond acceptors (Lipinski definition) is 3. The van der Waals surface area contributed by atoms with E-state index in [4.69, 9.17) is 22.1 Å². The third kappa shape index (κ3) is 4.14. The van der Waals surface area contributed by atoms with Crippen LogP contribution in [0.15, 0.2) is 24.4 Å². The highest BCUT2D eigenvalue weighted by Gasteiger charge is 2.10. The van der Waals surface area contributed by atoms with E-state index in [0.717, 1.165) is 34.9 Å². The van der Waals surface area contributed by atoms with Crippen molar-refractivity contribution in [2.75, 3.05) is 12.3 Å². The Labute approximate surface area is 130 Å². The molecule has 1 aromatic heterocycles. The predicted molar refractivity (Wildman–Crippen MR) is 87.0 cm³/mol. The summed E-state index contributed by atoms with van der Waals surface area (Å²) in [5.41, 5.74) is 7.76. The molecule has 0 amide bonds. The van der Waals surface area contributed by atoms with Gasteiger partial charge in [0.25, 0.3) is 0 Å². The maximum atomic E-state index is 6.26. The molecular weight excluding hydrogens is 286 g/mol. The molecule has 1 aromatic carbocycles. The molecule has 1 heterocycles. The first kappa shape index (κ1) is 15.7. The molecule has 2 N–H and O–H groups in total. The lowest BCUT2D eigenvalue weighted by atomic mass is 10.0. The molecule has 5 heteroatoms. The van der Waals surface area contributed by atoms with E-state index in [-0.39, 0.29) is 0 Å². The van der Waals surface area contributed by atoms with E-state index in [2.05, 4.69) is 18.9 Å². The fourth-order valence-electron chi connectivity index (χ4n) is 2.18. The van der Waals surface area contributed by atoms with Crippen LogP contribution in [0.3, 0.4) is 0 Å². The second-order valence-electron chi connectivity index (χ2n) is 5.50. The van der Waals surface area contributed by atoms with Crippen LogP contribution in [-0.2, 0) is 6.54 Å². The van der Waals surface area contributed by atoms with Gasteiger partial charge in [-0.25, -0.2) is 0 Å². The Morgan fingerprint density at radius 1 is 1.38 bits per heavy atom. The third-order valence-electron chi connectivity index (χ3n) is 3.37. The van der Waals surface area contributed by atoms with Crippen molar-refractivity contribution in [3.63, 3.8) is 0 Å². The Hall–Kier alpha value is -1.68. The van der Waals surface area contributed by atoms with E-state index in [1.54, 1.807) is 6.07 Å². The van der Waals surface area contributed by atoms with Gasteiger partial charge in [-0.05, 0) is 42.2 Å². The van der Waals surface area contributed by atoms with Gasteiger partial charge in [-0.2, -0.15) is 5.10 Å². The molecule has 4 nitrogen and oxygen atoms in total. The fourth-order valence-corrected chi connectivity index (χ4v) is 2.61. The van der Waals surface area contributed by atoms with Crippen molar-refractivity contribution >= 4 is 17.4 Å². The van der Waals surface area contributed by atoms with Gasteiger partial charge in [0, 0.05) is 24.2 Å². The molecule has 0 saturated carbocycles. The van der Waals surface area contributed by atoms with Crippen LogP contribution >= 0.6 is 11.6 Å². The maximum Gasteiger partial charge on any atom is 0.145 e. The first-order chi connectivity index (χ1) is 9.97. The second kappa shape index (κ2) is 6.85. The molecule has 0 aliphatic heterocycles. The number of aryl methyl sites for hydroxylation is 2. The van der Waals surface area contributed by atoms with Crippen molar-refractivity contribution in [3.05, 3.63) is 40.5 Å². The van der Waals surface area contributed by atoms with Gasteiger partial charge in [0.1, 0.15) is 11.6 Å². The molecule has 0 aliphatic carbocycles. The van der Waals surface area contributed by atoms with Gasteiger partial charge in [-0.3, -0.25) is 4.68 Å². The molecule has 0 atom stereocenters. The van der Waals surface area contributed by atoms with Gasteiger partial charge in [0.2, 0.25) is 0 Å². The minimum Gasteiger partial charge on any atom is -0.493 e. The van der Waals surface area contributed by atoms with E-state index >= 15 is 0 Å². The lowest BCUT2D eigenvalue weighted by Crippen LogP contribution is -2.06. The number of nitrogen functional groups attached to an aromatic ring is 1. The summed E-state index contributed by atoms with van der Waals surface area (Å²) < 4.78 is 7.71. The van der Waals surface area contributed by atoms with E-state index < -0.39 is 0 Å². The van der Waals surface area contributed by atoms with E-state index in [0.29, 0.717) is 18.3 Å². The van der Waals surface area contributed by atoms with Crippen molar-refractivity contribution in [2.24, 2.45) is 0 Å². The lowest BCUT2D eigenvalue weighted by Gasteiger charge is -2.14. The van der Waals surface area contributed by atoms with Gasteiger partial charge in [-0.1, -0.05) is 25.4 Å². The van der Waals surface area contributed by atoms with Crippen LogP contribution in [0.2, 0.25) is 5.02 Å². The lowest BCUT2D eigenvalue weighted by molar-refractivity contribution is 0.296. The first-order valence-corrected chi connectivity index (χ1v) is 7.57. The molecule has 2 rings (SSSR count). The molecule has 0 fully saturated rings. The van der Waals surface area contributed by atoms with Crippen LogP contribution in [-0.4, -0.2) is 16.4 Å². The van der Waals surface area contributed by atoms with Crippen LogP contribution in [0.25, 0.3) is 0 Å². The third-order valence-corrected chi connectivity index (χ3v) is 3.69. The molecular formula is C16H22ClN3O. The van der Waals surface area contributed by atoms with E-state index in [1.807, 2.05) is 29.9 Å². The van der Waals surface area contributed by atoms with Gasteiger partial charge in [0.05, 0.1) is 6.61 Å². The highest BCUT2D eigenvalue weighted by atomic mass is 35.5. The molecule has 21 heavy (non-hydrogen) atoms. The summed E-state index contributed by atoms with van der Waals surface area (Å²) >= 11 is 6.26. The highest BCUT2D eigenvalue weighted by Crippen LogP contribution is 2.31. The number of hydrogen-bond donors (Lipinski definition) is 1. The molecule has 0 saturated heterocycles. The summed E-state index contributed by atoms with van der Waals surface area (Å²) in [4.78, 5) is 0. The number of nitrogens with two attached hydrogens (primary N) is 1. The van der Waals surface area contributed by atoms with Crippen molar-refractivity contribution in [3.8, 4) is 5.75 Å². The van der Waals surface area contributed by atoms with Gasteiger partial charge in [-0.15, -0.1) is 0 Å². The zero-order valence-electron chi connectivity index (χ0n) is 12.8. The number of benzene rings is 1. The molecule has 0 aliphatic rings. The van der Waals surface area contributed by atoms with Crippen molar-refractivity contribution < 1.29 is 4.74 Å². The smallest absolute Gasteiger partial charge is 0.145 e. The summed E-state index contributed by atoms with van der Waals surface area (Å²) in [5.74, 6) is 1.83. The Morgan fingerprint density at radius 2 is 2.14 bits per heavy atom. The van der Waals surface area contributed by atoms with Crippen LogP contribution < -0.4 is 10.5 Å². The van der Waals surface area contributed by atoms with E-state index in [9.17, 15) is 0 Å². The molecule has 0 radical (unpaired) electrons. The monoisotopic (exact) mass is 307 g/mol. The number of anilines is 1. The minimum atomic E-state index is 0.382. The SMILES string of the molecule is Cc1cc(Cl)c(C(C)C)cc1OCCCn1ccc(N)n1.